The molecule has 0 aliphatic rings. The summed E-state index contributed by atoms with van der Waals surface area (Å²) >= 11 is 0. The van der Waals surface area contributed by atoms with Crippen LogP contribution >= 0.6 is 0 Å². The van der Waals surface area contributed by atoms with E-state index in [2.05, 4.69) is 10.4 Å². The maximum Gasteiger partial charge on any atom is 0.291 e. The monoisotopic (exact) mass is 388 g/mol. The van der Waals surface area contributed by atoms with Crippen LogP contribution in [0, 0.1) is 0 Å². The van der Waals surface area contributed by atoms with Crippen LogP contribution in [-0.4, -0.2) is 20.3 Å². The largest absolute Gasteiger partial charge is 0.350 e. The molecule has 2 heterocycles. The van der Waals surface area contributed by atoms with Crippen LogP contribution in [0.4, 0.5) is 0 Å². The van der Waals surface area contributed by atoms with Gasteiger partial charge in [-0.05, 0) is 25.0 Å². The van der Waals surface area contributed by atoms with Crippen LogP contribution in [0.15, 0.2) is 65.6 Å². The molecule has 0 saturated heterocycles. The van der Waals surface area contributed by atoms with Crippen LogP contribution in [0.3, 0.4) is 0 Å². The first-order valence-electron chi connectivity index (χ1n) is 9.84. The maximum absolute atomic E-state index is 12.7. The number of aryl methyl sites for hydroxylation is 2. The number of benzene rings is 2. The number of amides is 1. The molecule has 148 valence electrons. The third-order valence-electron chi connectivity index (χ3n) is 5.33. The summed E-state index contributed by atoms with van der Waals surface area (Å²) in [6.45, 7) is 2.58. The molecule has 2 aromatic carbocycles. The van der Waals surface area contributed by atoms with E-state index < -0.39 is 0 Å². The van der Waals surface area contributed by atoms with Crippen LogP contribution in [0.5, 0.6) is 0 Å². The standard InChI is InChI=1S/C23H24N4O2/c1-16(17-9-4-3-5-10-17)25-21(28)13-8-14-27-20-12-7-6-11-18(20)19-15-24-26(2)23(29)22(19)27/h3-7,9-12,15-16H,8,13-14H2,1-2H3,(H,25,28). The SMILES string of the molecule is CC(NC(=O)CCCn1c2ccccc2c2cnn(C)c(=O)c21)c1ccccc1. The van der Waals surface area contributed by atoms with Gasteiger partial charge in [-0.3, -0.25) is 9.59 Å². The first-order valence-corrected chi connectivity index (χ1v) is 9.84. The lowest BCUT2D eigenvalue weighted by molar-refractivity contribution is -0.121. The fraction of sp³-hybridized carbons (Fsp3) is 0.261. The van der Waals surface area contributed by atoms with E-state index in [1.54, 1.807) is 13.2 Å². The van der Waals surface area contributed by atoms with Crippen LogP contribution < -0.4 is 10.9 Å². The van der Waals surface area contributed by atoms with Gasteiger partial charge in [0, 0.05) is 36.3 Å². The minimum Gasteiger partial charge on any atom is -0.350 e. The van der Waals surface area contributed by atoms with Gasteiger partial charge in [0.15, 0.2) is 0 Å². The lowest BCUT2D eigenvalue weighted by Gasteiger charge is -2.14. The number of hydrogen-bond donors (Lipinski definition) is 1. The summed E-state index contributed by atoms with van der Waals surface area (Å²) in [5.41, 5.74) is 2.59. The topological polar surface area (TPSA) is 68.9 Å². The second-order valence-electron chi connectivity index (χ2n) is 7.31. The molecule has 0 fully saturated rings. The second kappa shape index (κ2) is 7.91. The highest BCUT2D eigenvalue weighted by Gasteiger charge is 2.15. The summed E-state index contributed by atoms with van der Waals surface area (Å²) in [4.78, 5) is 25.1. The molecule has 0 radical (unpaired) electrons. The van der Waals surface area contributed by atoms with Gasteiger partial charge in [0.1, 0.15) is 5.52 Å². The van der Waals surface area contributed by atoms with Crippen molar-refractivity contribution in [1.82, 2.24) is 19.7 Å². The van der Waals surface area contributed by atoms with Gasteiger partial charge in [0.05, 0.1) is 12.2 Å². The third kappa shape index (κ3) is 3.66. The van der Waals surface area contributed by atoms with Gasteiger partial charge in [0.25, 0.3) is 5.56 Å². The Labute approximate surface area is 168 Å². The molecule has 0 bridgehead atoms. The number of aromatic nitrogens is 3. The molecule has 0 aliphatic heterocycles. The van der Waals surface area contributed by atoms with Crippen molar-refractivity contribution < 1.29 is 4.79 Å². The van der Waals surface area contributed by atoms with E-state index in [0.29, 0.717) is 24.9 Å². The minimum atomic E-state index is -0.124. The first kappa shape index (κ1) is 18.9. The van der Waals surface area contributed by atoms with Gasteiger partial charge >= 0.3 is 0 Å². The first-order chi connectivity index (χ1) is 14.1. The molecule has 0 aliphatic carbocycles. The van der Waals surface area contributed by atoms with E-state index in [4.69, 9.17) is 0 Å². The molecule has 1 N–H and O–H groups in total. The molecular formula is C23H24N4O2. The number of para-hydroxylation sites is 1. The van der Waals surface area contributed by atoms with Gasteiger partial charge < -0.3 is 9.88 Å². The Morgan fingerprint density at radius 1 is 1.07 bits per heavy atom. The zero-order valence-electron chi connectivity index (χ0n) is 16.6. The summed E-state index contributed by atoms with van der Waals surface area (Å²) in [5, 5.41) is 9.08. The third-order valence-corrected chi connectivity index (χ3v) is 5.33. The lowest BCUT2D eigenvalue weighted by Crippen LogP contribution is -2.26. The number of hydrogen-bond acceptors (Lipinski definition) is 3. The Balaban J connectivity index is 1.52. The van der Waals surface area contributed by atoms with Crippen molar-refractivity contribution in [3.8, 4) is 0 Å². The molecular weight excluding hydrogens is 364 g/mol. The number of carbonyl (C=O) groups excluding carboxylic acids is 1. The summed E-state index contributed by atoms with van der Waals surface area (Å²) in [5.74, 6) is 0.0108. The molecule has 0 spiro atoms. The summed E-state index contributed by atoms with van der Waals surface area (Å²) in [7, 11) is 1.65. The van der Waals surface area contributed by atoms with Crippen molar-refractivity contribution in [2.24, 2.45) is 7.05 Å². The Hall–Kier alpha value is -3.41. The van der Waals surface area contributed by atoms with Crippen LogP contribution in [0.25, 0.3) is 21.8 Å². The van der Waals surface area contributed by atoms with Crippen molar-refractivity contribution in [3.05, 3.63) is 76.7 Å². The van der Waals surface area contributed by atoms with E-state index in [1.165, 1.54) is 4.68 Å². The maximum atomic E-state index is 12.7. The van der Waals surface area contributed by atoms with Crippen molar-refractivity contribution in [2.75, 3.05) is 0 Å². The molecule has 1 amide bonds. The molecule has 6 nitrogen and oxygen atoms in total. The molecule has 6 heteroatoms. The van der Waals surface area contributed by atoms with E-state index in [-0.39, 0.29) is 17.5 Å². The Kier molecular flexibility index (Phi) is 5.16. The van der Waals surface area contributed by atoms with Crippen LogP contribution in [0.2, 0.25) is 0 Å². The highest BCUT2D eigenvalue weighted by Crippen LogP contribution is 2.26. The van der Waals surface area contributed by atoms with Gasteiger partial charge in [-0.25, -0.2) is 4.68 Å². The highest BCUT2D eigenvalue weighted by atomic mass is 16.1. The minimum absolute atomic E-state index is 0.0108. The summed E-state index contributed by atoms with van der Waals surface area (Å²) < 4.78 is 3.37. The molecule has 2 aromatic heterocycles. The summed E-state index contributed by atoms with van der Waals surface area (Å²) in [6.07, 6.45) is 2.78. The number of carbonyl (C=O) groups is 1. The molecule has 0 saturated carbocycles. The predicted molar refractivity (Wildman–Crippen MR) is 115 cm³/mol. The fourth-order valence-corrected chi connectivity index (χ4v) is 3.81. The van der Waals surface area contributed by atoms with Crippen LogP contribution in [0.1, 0.15) is 31.4 Å². The number of fused-ring (bicyclic) bond motifs is 3. The number of nitrogens with zero attached hydrogens (tertiary/aromatic N) is 3. The fourth-order valence-electron chi connectivity index (χ4n) is 3.81. The predicted octanol–water partition coefficient (Wildman–Crippen LogP) is 3.55. The van der Waals surface area contributed by atoms with E-state index >= 15 is 0 Å². The number of nitrogens with one attached hydrogen (secondary N) is 1. The zero-order chi connectivity index (χ0) is 20.4. The average Bonchev–Trinajstić information content (AvgIpc) is 3.06. The van der Waals surface area contributed by atoms with Gasteiger partial charge in [0.2, 0.25) is 5.91 Å². The van der Waals surface area contributed by atoms with E-state index in [9.17, 15) is 9.59 Å². The van der Waals surface area contributed by atoms with Gasteiger partial charge in [-0.1, -0.05) is 48.5 Å². The van der Waals surface area contributed by atoms with E-state index in [1.807, 2.05) is 66.1 Å². The lowest BCUT2D eigenvalue weighted by atomic mass is 10.1. The Morgan fingerprint density at radius 2 is 1.79 bits per heavy atom. The molecule has 4 rings (SSSR count). The zero-order valence-corrected chi connectivity index (χ0v) is 16.6. The van der Waals surface area contributed by atoms with E-state index in [0.717, 1.165) is 21.9 Å². The van der Waals surface area contributed by atoms with Gasteiger partial charge in [-0.2, -0.15) is 5.10 Å². The molecule has 4 aromatic rings. The Bertz CT molecular complexity index is 1220. The van der Waals surface area contributed by atoms with Crippen molar-refractivity contribution in [3.63, 3.8) is 0 Å². The average molecular weight is 388 g/mol. The van der Waals surface area contributed by atoms with Crippen LogP contribution in [-0.2, 0) is 18.4 Å². The van der Waals surface area contributed by atoms with Gasteiger partial charge in [-0.15, -0.1) is 0 Å². The number of rotatable bonds is 6. The Morgan fingerprint density at radius 3 is 2.59 bits per heavy atom. The quantitative estimate of drug-likeness (QED) is 0.549. The highest BCUT2D eigenvalue weighted by molar-refractivity contribution is 6.07. The molecule has 1 atom stereocenters. The molecule has 1 unspecified atom stereocenters. The smallest absolute Gasteiger partial charge is 0.291 e. The van der Waals surface area contributed by atoms with Crippen molar-refractivity contribution >= 4 is 27.7 Å². The summed E-state index contributed by atoms with van der Waals surface area (Å²) in [6, 6.07) is 17.8. The van der Waals surface area contributed by atoms with Crippen molar-refractivity contribution in [1.29, 1.82) is 0 Å². The van der Waals surface area contributed by atoms with Crippen molar-refractivity contribution in [2.45, 2.75) is 32.4 Å². The normalized spacial score (nSPS) is 12.3. The molecule has 29 heavy (non-hydrogen) atoms. The second-order valence-corrected chi connectivity index (χ2v) is 7.31.